The molecule has 0 saturated heterocycles. The molecule has 4 aromatic carbocycles. The molecular formula is C47H58O12. The summed E-state index contributed by atoms with van der Waals surface area (Å²) in [5, 5.41) is 0. The van der Waals surface area contributed by atoms with Gasteiger partial charge in [-0.15, -0.1) is 0 Å². The Kier molecular flexibility index (Phi) is 16.5. The quantitative estimate of drug-likeness (QED) is 0.0486. The summed E-state index contributed by atoms with van der Waals surface area (Å²) < 4.78 is 50.8. The van der Waals surface area contributed by atoms with E-state index in [2.05, 4.69) is 45.0 Å². The molecular weight excluding hydrogens is 757 g/mol. The van der Waals surface area contributed by atoms with Gasteiger partial charge in [0.25, 0.3) is 0 Å². The highest BCUT2D eigenvalue weighted by Crippen LogP contribution is 2.46. The lowest BCUT2D eigenvalue weighted by Gasteiger charge is -2.35. The molecule has 0 bridgehead atoms. The lowest BCUT2D eigenvalue weighted by molar-refractivity contribution is -0.133. The zero-order chi connectivity index (χ0) is 43.5. The first kappa shape index (κ1) is 46.7. The molecule has 12 nitrogen and oxygen atoms in total. The molecule has 318 valence electrons. The van der Waals surface area contributed by atoms with Gasteiger partial charge in [-0.1, -0.05) is 38.1 Å². The number of rotatable bonds is 20. The number of benzene rings is 4. The SMILES string of the molecule is COCc1cc(C(C)(C)c2ccc(C(C)(c3cc(COC)c(OC(C)=O)c(COC)c3)c3cc(COC)c(OC(C)=O)c(COC)c3)cc2)cc(COC)c1OC(C)=O. The van der Waals surface area contributed by atoms with Gasteiger partial charge in [-0.05, 0) is 71.1 Å². The summed E-state index contributed by atoms with van der Waals surface area (Å²) in [5.41, 5.74) is 7.37. The van der Waals surface area contributed by atoms with Gasteiger partial charge in [0.15, 0.2) is 0 Å². The third-order valence-corrected chi connectivity index (χ3v) is 10.3. The Balaban J connectivity index is 2.05. The van der Waals surface area contributed by atoms with Crippen molar-refractivity contribution in [2.24, 2.45) is 0 Å². The Bertz CT molecular complexity index is 1940. The van der Waals surface area contributed by atoms with Crippen molar-refractivity contribution in [3.63, 3.8) is 0 Å². The van der Waals surface area contributed by atoms with Gasteiger partial charge in [-0.2, -0.15) is 0 Å². The van der Waals surface area contributed by atoms with E-state index in [-0.39, 0.29) is 39.6 Å². The van der Waals surface area contributed by atoms with Crippen LogP contribution >= 0.6 is 0 Å². The number of carbonyl (C=O) groups is 3. The van der Waals surface area contributed by atoms with Crippen LogP contribution in [0.25, 0.3) is 0 Å². The monoisotopic (exact) mass is 814 g/mol. The minimum absolute atomic E-state index is 0.165. The lowest BCUT2D eigenvalue weighted by atomic mass is 9.68. The summed E-state index contributed by atoms with van der Waals surface area (Å²) in [4.78, 5) is 36.8. The number of hydrogen-bond acceptors (Lipinski definition) is 12. The first-order valence-electron chi connectivity index (χ1n) is 19.2. The first-order valence-corrected chi connectivity index (χ1v) is 19.2. The Hall–Kier alpha value is -4.95. The molecule has 0 unspecified atom stereocenters. The van der Waals surface area contributed by atoms with E-state index in [0.717, 1.165) is 38.9 Å². The van der Waals surface area contributed by atoms with Crippen LogP contribution in [0.5, 0.6) is 17.2 Å². The zero-order valence-corrected chi connectivity index (χ0v) is 36.4. The number of esters is 3. The fourth-order valence-corrected chi connectivity index (χ4v) is 7.49. The fraction of sp³-hybridized carbons (Fsp3) is 0.426. The second kappa shape index (κ2) is 20.8. The summed E-state index contributed by atoms with van der Waals surface area (Å²) in [6.45, 7) is 11.6. The number of methoxy groups -OCH3 is 6. The maximum absolute atomic E-state index is 12.3. The maximum atomic E-state index is 12.3. The molecule has 0 radical (unpaired) electrons. The van der Waals surface area contributed by atoms with Crippen molar-refractivity contribution < 1.29 is 57.0 Å². The van der Waals surface area contributed by atoms with Gasteiger partial charge in [0.05, 0.1) is 39.6 Å². The number of ether oxygens (including phenoxy) is 9. The van der Waals surface area contributed by atoms with Crippen molar-refractivity contribution in [3.8, 4) is 17.2 Å². The van der Waals surface area contributed by atoms with E-state index in [1.165, 1.54) is 20.8 Å². The Morgan fingerprint density at radius 3 is 0.864 bits per heavy atom. The largest absolute Gasteiger partial charge is 0.426 e. The second-order valence-electron chi connectivity index (χ2n) is 15.1. The van der Waals surface area contributed by atoms with Crippen molar-refractivity contribution in [2.45, 2.75) is 92.0 Å². The van der Waals surface area contributed by atoms with Crippen molar-refractivity contribution in [2.75, 3.05) is 42.7 Å². The molecule has 4 aromatic rings. The average molecular weight is 815 g/mol. The normalized spacial score (nSPS) is 11.7. The molecule has 0 fully saturated rings. The van der Waals surface area contributed by atoms with Crippen LogP contribution in [0.3, 0.4) is 0 Å². The molecule has 0 aliphatic carbocycles. The fourth-order valence-electron chi connectivity index (χ4n) is 7.49. The van der Waals surface area contributed by atoms with Gasteiger partial charge in [0.2, 0.25) is 0 Å². The summed E-state index contributed by atoms with van der Waals surface area (Å²) >= 11 is 0. The number of hydrogen-bond donors (Lipinski definition) is 0. The topological polar surface area (TPSA) is 134 Å². The van der Waals surface area contributed by atoms with Crippen LogP contribution in [-0.4, -0.2) is 60.6 Å². The van der Waals surface area contributed by atoms with Crippen LogP contribution in [0.15, 0.2) is 60.7 Å². The molecule has 0 aliphatic rings. The van der Waals surface area contributed by atoms with Gasteiger partial charge in [0, 0.05) is 108 Å². The molecule has 0 N–H and O–H groups in total. The smallest absolute Gasteiger partial charge is 0.308 e. The van der Waals surface area contributed by atoms with Gasteiger partial charge in [-0.25, -0.2) is 0 Å². The van der Waals surface area contributed by atoms with Gasteiger partial charge in [-0.3, -0.25) is 14.4 Å². The van der Waals surface area contributed by atoms with E-state index in [9.17, 15) is 14.4 Å². The molecule has 0 aliphatic heterocycles. The van der Waals surface area contributed by atoms with Crippen molar-refractivity contribution in [3.05, 3.63) is 122 Å². The molecule has 0 aromatic heterocycles. The van der Waals surface area contributed by atoms with Crippen LogP contribution in [0, 0.1) is 0 Å². The van der Waals surface area contributed by atoms with Crippen molar-refractivity contribution in [1.29, 1.82) is 0 Å². The Morgan fingerprint density at radius 2 is 0.627 bits per heavy atom. The van der Waals surface area contributed by atoms with Crippen LogP contribution in [0.2, 0.25) is 0 Å². The third kappa shape index (κ3) is 10.8. The number of carbonyl (C=O) groups excluding carboxylic acids is 3. The summed E-state index contributed by atoms with van der Waals surface area (Å²) in [5.74, 6) is -0.155. The molecule has 0 amide bonds. The van der Waals surface area contributed by atoms with E-state index in [1.54, 1.807) is 42.7 Å². The van der Waals surface area contributed by atoms with Gasteiger partial charge in [0.1, 0.15) is 17.2 Å². The van der Waals surface area contributed by atoms with Crippen LogP contribution < -0.4 is 14.2 Å². The highest BCUT2D eigenvalue weighted by molar-refractivity contribution is 5.72. The standard InChI is InChI=1S/C47H58O12/c1-29(48)57-43-32(23-51-7)17-40(18-33(43)24-52-8)46(4,5)38-13-15-39(16-14-38)47(6,41-19-34(25-53-9)44(58-30(2)49)35(20-41)26-54-10)42-21-36(27-55-11)45(59-31(3)50)37(22-42)28-56-12/h13-22H,23-28H2,1-12H3. The molecule has 59 heavy (non-hydrogen) atoms. The molecule has 4 rings (SSSR count). The van der Waals surface area contributed by atoms with E-state index in [0.29, 0.717) is 39.5 Å². The minimum Gasteiger partial charge on any atom is -0.426 e. The molecule has 0 spiro atoms. The van der Waals surface area contributed by atoms with Gasteiger partial charge < -0.3 is 42.6 Å². The predicted octanol–water partition coefficient (Wildman–Crippen LogP) is 8.02. The summed E-state index contributed by atoms with van der Waals surface area (Å²) in [6, 6.07) is 20.4. The van der Waals surface area contributed by atoms with Crippen LogP contribution in [-0.2, 0) is 93.3 Å². The van der Waals surface area contributed by atoms with Crippen LogP contribution in [0.1, 0.15) is 103 Å². The Labute approximate surface area is 348 Å². The van der Waals surface area contributed by atoms with E-state index in [1.807, 2.05) is 36.4 Å². The van der Waals surface area contributed by atoms with E-state index in [4.69, 9.17) is 42.6 Å². The lowest BCUT2D eigenvalue weighted by Crippen LogP contribution is -2.28. The third-order valence-electron chi connectivity index (χ3n) is 10.3. The van der Waals surface area contributed by atoms with Gasteiger partial charge >= 0.3 is 17.9 Å². The predicted molar refractivity (Wildman–Crippen MR) is 222 cm³/mol. The Morgan fingerprint density at radius 1 is 0.390 bits per heavy atom. The molecule has 0 heterocycles. The summed E-state index contributed by atoms with van der Waals surface area (Å²) in [7, 11) is 9.54. The first-order chi connectivity index (χ1) is 28.1. The summed E-state index contributed by atoms with van der Waals surface area (Å²) in [6.07, 6.45) is 0. The van der Waals surface area contributed by atoms with Crippen molar-refractivity contribution >= 4 is 17.9 Å². The molecule has 0 atom stereocenters. The van der Waals surface area contributed by atoms with Crippen LogP contribution in [0.4, 0.5) is 0 Å². The minimum atomic E-state index is -0.884. The highest BCUT2D eigenvalue weighted by Gasteiger charge is 2.36. The van der Waals surface area contributed by atoms with E-state index >= 15 is 0 Å². The maximum Gasteiger partial charge on any atom is 0.308 e. The van der Waals surface area contributed by atoms with E-state index < -0.39 is 28.7 Å². The zero-order valence-electron chi connectivity index (χ0n) is 36.4. The molecule has 12 heteroatoms. The highest BCUT2D eigenvalue weighted by atomic mass is 16.5. The second-order valence-corrected chi connectivity index (χ2v) is 15.1. The van der Waals surface area contributed by atoms with Crippen molar-refractivity contribution in [1.82, 2.24) is 0 Å². The average Bonchev–Trinajstić information content (AvgIpc) is 3.18. The molecule has 0 saturated carbocycles.